The van der Waals surface area contributed by atoms with Gasteiger partial charge in [0.05, 0.1) is 19.3 Å². The third-order valence-electron chi connectivity index (χ3n) is 5.48. The van der Waals surface area contributed by atoms with Crippen LogP contribution in [0.3, 0.4) is 0 Å². The number of amides is 1. The predicted octanol–water partition coefficient (Wildman–Crippen LogP) is 3.49. The van der Waals surface area contributed by atoms with Gasteiger partial charge in [0, 0.05) is 26.1 Å². The van der Waals surface area contributed by atoms with E-state index in [-0.39, 0.29) is 5.41 Å². The average Bonchev–Trinajstić information content (AvgIpc) is 2.54. The summed E-state index contributed by atoms with van der Waals surface area (Å²) in [6.45, 7) is 12.7. The zero-order valence-corrected chi connectivity index (χ0v) is 15.5. The van der Waals surface area contributed by atoms with E-state index >= 15 is 0 Å². The highest BCUT2D eigenvalue weighted by Crippen LogP contribution is 2.43. The Kier molecular flexibility index (Phi) is 6.90. The highest BCUT2D eigenvalue weighted by molar-refractivity contribution is 5.77. The molecule has 0 aromatic heterocycles. The van der Waals surface area contributed by atoms with Crippen molar-refractivity contribution in [3.05, 3.63) is 0 Å². The quantitative estimate of drug-likeness (QED) is 0.750. The monoisotopic (exact) mass is 325 g/mol. The van der Waals surface area contributed by atoms with Gasteiger partial charge in [-0.05, 0) is 36.5 Å². The molecule has 1 amide bonds. The summed E-state index contributed by atoms with van der Waals surface area (Å²) in [5.74, 6) is 1.53. The lowest BCUT2D eigenvalue weighted by molar-refractivity contribution is -0.142. The molecule has 0 N–H and O–H groups in total. The van der Waals surface area contributed by atoms with Crippen molar-refractivity contribution in [1.82, 2.24) is 4.90 Å². The molecule has 4 heteroatoms. The Morgan fingerprint density at radius 2 is 1.87 bits per heavy atom. The van der Waals surface area contributed by atoms with Gasteiger partial charge in [0.1, 0.15) is 0 Å². The second kappa shape index (κ2) is 8.48. The molecular weight excluding hydrogens is 290 g/mol. The molecule has 134 valence electrons. The van der Waals surface area contributed by atoms with Gasteiger partial charge in [-0.25, -0.2) is 0 Å². The molecule has 2 aliphatic rings. The molecule has 2 aliphatic heterocycles. The molecule has 0 saturated carbocycles. The van der Waals surface area contributed by atoms with Crippen LogP contribution in [0.1, 0.15) is 59.8 Å². The number of hydrogen-bond donors (Lipinski definition) is 0. The number of morpholine rings is 1. The van der Waals surface area contributed by atoms with Gasteiger partial charge in [0.15, 0.2) is 0 Å². The van der Waals surface area contributed by atoms with Gasteiger partial charge >= 0.3 is 0 Å². The second-order valence-electron chi connectivity index (χ2n) is 8.21. The van der Waals surface area contributed by atoms with Crippen molar-refractivity contribution >= 4 is 5.91 Å². The number of carbonyl (C=O) groups is 1. The molecule has 2 atom stereocenters. The number of carbonyl (C=O) groups excluding carboxylic acids is 1. The SMILES string of the molecule is CC(C)CC[C@@]1(CC(=O)N2CCOCC2)CCO[C@@H](C(C)C)C1. The van der Waals surface area contributed by atoms with Crippen LogP contribution in [0, 0.1) is 17.3 Å². The van der Waals surface area contributed by atoms with Gasteiger partial charge in [0.25, 0.3) is 0 Å². The maximum atomic E-state index is 12.8. The van der Waals surface area contributed by atoms with E-state index < -0.39 is 0 Å². The topological polar surface area (TPSA) is 38.8 Å². The first-order chi connectivity index (χ1) is 10.9. The Bertz CT molecular complexity index is 377. The van der Waals surface area contributed by atoms with E-state index in [1.807, 2.05) is 4.90 Å². The Labute approximate surface area is 141 Å². The van der Waals surface area contributed by atoms with Gasteiger partial charge in [-0.2, -0.15) is 0 Å². The molecule has 0 aliphatic carbocycles. The van der Waals surface area contributed by atoms with Crippen LogP contribution in [0.2, 0.25) is 0 Å². The summed E-state index contributed by atoms with van der Waals surface area (Å²) in [5, 5.41) is 0. The van der Waals surface area contributed by atoms with Crippen LogP contribution >= 0.6 is 0 Å². The molecule has 2 rings (SSSR count). The van der Waals surface area contributed by atoms with Crippen LogP contribution in [0.5, 0.6) is 0 Å². The van der Waals surface area contributed by atoms with Gasteiger partial charge in [-0.15, -0.1) is 0 Å². The third kappa shape index (κ3) is 5.46. The van der Waals surface area contributed by atoms with Gasteiger partial charge in [-0.1, -0.05) is 34.1 Å². The van der Waals surface area contributed by atoms with E-state index in [4.69, 9.17) is 9.47 Å². The third-order valence-corrected chi connectivity index (χ3v) is 5.48. The van der Waals surface area contributed by atoms with Crippen molar-refractivity contribution in [2.45, 2.75) is 65.9 Å². The summed E-state index contributed by atoms with van der Waals surface area (Å²) in [4.78, 5) is 14.8. The van der Waals surface area contributed by atoms with Gasteiger partial charge in [-0.3, -0.25) is 4.79 Å². The molecular formula is C19H35NO3. The number of nitrogens with zero attached hydrogens (tertiary/aromatic N) is 1. The summed E-state index contributed by atoms with van der Waals surface area (Å²) in [5.41, 5.74) is 0.132. The first kappa shape index (κ1) is 18.7. The Hall–Kier alpha value is -0.610. The Morgan fingerprint density at radius 1 is 1.17 bits per heavy atom. The molecule has 23 heavy (non-hydrogen) atoms. The van der Waals surface area contributed by atoms with Crippen molar-refractivity contribution in [2.24, 2.45) is 17.3 Å². The Balaban J connectivity index is 2.04. The van der Waals surface area contributed by atoms with Gasteiger partial charge in [0.2, 0.25) is 5.91 Å². The van der Waals surface area contributed by atoms with Crippen molar-refractivity contribution < 1.29 is 14.3 Å². The minimum absolute atomic E-state index is 0.132. The zero-order chi connectivity index (χ0) is 16.9. The van der Waals surface area contributed by atoms with Crippen LogP contribution in [-0.4, -0.2) is 49.8 Å². The minimum Gasteiger partial charge on any atom is -0.378 e. The van der Waals surface area contributed by atoms with Crippen LogP contribution in [0.15, 0.2) is 0 Å². The molecule has 2 saturated heterocycles. The summed E-state index contributed by atoms with van der Waals surface area (Å²) in [6.07, 6.45) is 5.39. The predicted molar refractivity (Wildman–Crippen MR) is 92.3 cm³/mol. The number of rotatable bonds is 6. The lowest BCUT2D eigenvalue weighted by Crippen LogP contribution is -2.45. The molecule has 0 spiro atoms. The van der Waals surface area contributed by atoms with Crippen LogP contribution in [0.25, 0.3) is 0 Å². The van der Waals surface area contributed by atoms with Crippen molar-refractivity contribution in [3.63, 3.8) is 0 Å². The first-order valence-corrected chi connectivity index (χ1v) is 9.39. The fourth-order valence-corrected chi connectivity index (χ4v) is 3.76. The summed E-state index contributed by atoms with van der Waals surface area (Å²) in [7, 11) is 0. The average molecular weight is 325 g/mol. The number of ether oxygens (including phenoxy) is 2. The van der Waals surface area contributed by atoms with E-state index in [9.17, 15) is 4.79 Å². The van der Waals surface area contributed by atoms with Crippen LogP contribution < -0.4 is 0 Å². The molecule has 0 unspecified atom stereocenters. The minimum atomic E-state index is 0.132. The van der Waals surface area contributed by atoms with Crippen molar-refractivity contribution in [1.29, 1.82) is 0 Å². The summed E-state index contributed by atoms with van der Waals surface area (Å²) < 4.78 is 11.4. The lowest BCUT2D eigenvalue weighted by atomic mass is 9.69. The van der Waals surface area contributed by atoms with Crippen LogP contribution in [0.4, 0.5) is 0 Å². The molecule has 0 bridgehead atoms. The second-order valence-corrected chi connectivity index (χ2v) is 8.21. The summed E-state index contributed by atoms with van der Waals surface area (Å²) >= 11 is 0. The van der Waals surface area contributed by atoms with E-state index in [1.54, 1.807) is 0 Å². The molecule has 2 heterocycles. The number of hydrogen-bond acceptors (Lipinski definition) is 3. The summed E-state index contributed by atoms with van der Waals surface area (Å²) in [6, 6.07) is 0. The fraction of sp³-hybridized carbons (Fsp3) is 0.947. The standard InChI is InChI=1S/C19H35NO3/c1-15(2)5-6-19(7-10-23-17(13-19)16(3)4)14-18(21)20-8-11-22-12-9-20/h15-17H,5-14H2,1-4H3/t17-,19-/m1/s1. The Morgan fingerprint density at radius 3 is 2.48 bits per heavy atom. The highest BCUT2D eigenvalue weighted by atomic mass is 16.5. The maximum absolute atomic E-state index is 12.8. The molecule has 2 fully saturated rings. The van der Waals surface area contributed by atoms with E-state index in [1.165, 1.54) is 6.42 Å². The van der Waals surface area contributed by atoms with Gasteiger partial charge < -0.3 is 14.4 Å². The van der Waals surface area contributed by atoms with Crippen molar-refractivity contribution in [3.8, 4) is 0 Å². The maximum Gasteiger partial charge on any atom is 0.223 e. The highest BCUT2D eigenvalue weighted by Gasteiger charge is 2.40. The van der Waals surface area contributed by atoms with E-state index in [0.29, 0.717) is 43.5 Å². The fourth-order valence-electron chi connectivity index (χ4n) is 3.76. The zero-order valence-electron chi connectivity index (χ0n) is 15.5. The normalized spacial score (nSPS) is 29.3. The van der Waals surface area contributed by atoms with E-state index in [2.05, 4.69) is 27.7 Å². The van der Waals surface area contributed by atoms with E-state index in [0.717, 1.165) is 39.0 Å². The molecule has 0 aromatic carbocycles. The largest absolute Gasteiger partial charge is 0.378 e. The first-order valence-electron chi connectivity index (χ1n) is 9.39. The smallest absolute Gasteiger partial charge is 0.223 e. The van der Waals surface area contributed by atoms with Crippen molar-refractivity contribution in [2.75, 3.05) is 32.9 Å². The molecule has 4 nitrogen and oxygen atoms in total. The van der Waals surface area contributed by atoms with Crippen LogP contribution in [-0.2, 0) is 14.3 Å². The molecule has 0 aromatic rings. The molecule has 0 radical (unpaired) electrons. The lowest BCUT2D eigenvalue weighted by Gasteiger charge is -2.43.